The van der Waals surface area contributed by atoms with Crippen LogP contribution in [0.3, 0.4) is 0 Å². The van der Waals surface area contributed by atoms with Gasteiger partial charge in [-0.25, -0.2) is 4.79 Å². The smallest absolute Gasteiger partial charge is 0.438 e. The van der Waals surface area contributed by atoms with Gasteiger partial charge in [-0.3, -0.25) is 10.1 Å². The van der Waals surface area contributed by atoms with E-state index in [9.17, 15) is 22.8 Å². The van der Waals surface area contributed by atoms with Gasteiger partial charge in [-0.15, -0.1) is 0 Å². The Labute approximate surface area is 137 Å². The molecule has 23 heavy (non-hydrogen) atoms. The van der Waals surface area contributed by atoms with Crippen LogP contribution in [0, 0.1) is 0 Å². The van der Waals surface area contributed by atoms with Gasteiger partial charge in [-0.2, -0.15) is 13.2 Å². The molecule has 1 N–H and O–H groups in total. The zero-order valence-corrected chi connectivity index (χ0v) is 13.3. The highest BCUT2D eigenvalue weighted by atomic mass is 79.9. The van der Waals surface area contributed by atoms with Gasteiger partial charge >= 0.3 is 12.1 Å². The predicted molar refractivity (Wildman–Crippen MR) is 76.6 cm³/mol. The maximum absolute atomic E-state index is 12.5. The first-order valence-electron chi connectivity index (χ1n) is 6.88. The van der Waals surface area contributed by atoms with Crippen molar-refractivity contribution in [2.24, 2.45) is 0 Å². The van der Waals surface area contributed by atoms with Crippen LogP contribution in [-0.2, 0) is 16.0 Å². The fourth-order valence-electron chi connectivity index (χ4n) is 2.87. The Bertz CT molecular complexity index is 665. The van der Waals surface area contributed by atoms with Crippen LogP contribution in [0.2, 0.25) is 0 Å². The molecule has 2 aliphatic rings. The van der Waals surface area contributed by atoms with Crippen molar-refractivity contribution in [2.45, 2.75) is 24.9 Å². The molecule has 0 radical (unpaired) electrons. The van der Waals surface area contributed by atoms with Crippen molar-refractivity contribution in [3.05, 3.63) is 33.8 Å². The zero-order chi connectivity index (χ0) is 16.8. The number of benzene rings is 1. The van der Waals surface area contributed by atoms with Crippen LogP contribution < -0.4 is 5.32 Å². The number of nitrogens with one attached hydrogen (secondary N) is 1. The molecule has 1 aromatic rings. The molecule has 1 saturated heterocycles. The molecule has 1 aromatic carbocycles. The third kappa shape index (κ3) is 3.07. The first-order chi connectivity index (χ1) is 10.8. The molecule has 0 aromatic heterocycles. The molecule has 9 heteroatoms. The van der Waals surface area contributed by atoms with Crippen molar-refractivity contribution in [3.63, 3.8) is 0 Å². The van der Waals surface area contributed by atoms with E-state index in [2.05, 4.69) is 26.0 Å². The minimum atomic E-state index is -5.06. The van der Waals surface area contributed by atoms with Gasteiger partial charge in [0.25, 0.3) is 5.91 Å². The molecule has 1 fully saturated rings. The Hall–Kier alpha value is -1.61. The van der Waals surface area contributed by atoms with Crippen LogP contribution >= 0.6 is 15.9 Å². The number of piperazine rings is 1. The first-order valence-corrected chi connectivity index (χ1v) is 7.67. The van der Waals surface area contributed by atoms with Gasteiger partial charge in [0.05, 0.1) is 6.04 Å². The molecule has 1 unspecified atom stereocenters. The summed E-state index contributed by atoms with van der Waals surface area (Å²) in [6, 6.07) is 4.53. The van der Waals surface area contributed by atoms with E-state index in [-0.39, 0.29) is 12.5 Å². The number of alkyl halides is 3. The Morgan fingerprint density at radius 1 is 1.39 bits per heavy atom. The topological polar surface area (TPSA) is 58.6 Å². The van der Waals surface area contributed by atoms with E-state index in [1.165, 1.54) is 4.90 Å². The number of esters is 1. The van der Waals surface area contributed by atoms with Gasteiger partial charge in [0.2, 0.25) is 0 Å². The summed E-state index contributed by atoms with van der Waals surface area (Å²) < 4.78 is 42.5. The fourth-order valence-corrected chi connectivity index (χ4v) is 3.23. The van der Waals surface area contributed by atoms with E-state index in [1.807, 2.05) is 0 Å². The monoisotopic (exact) mass is 392 g/mol. The number of carbonyl (C=O) groups excluding carboxylic acids is 2. The standard InChI is InChI=1S/C14H12BrF3N2O3/c15-8-2-1-7-5-10-11(23-13(22)14(16,17)18)19-3-4-20(10)12(21)9(7)6-8/h1-2,6,10-11,19H,3-5H2/t10-,11?/m1/s1. The van der Waals surface area contributed by atoms with Crippen molar-refractivity contribution in [2.75, 3.05) is 13.1 Å². The number of fused-ring (bicyclic) bond motifs is 2. The summed E-state index contributed by atoms with van der Waals surface area (Å²) in [5.41, 5.74) is 1.23. The molecule has 2 heterocycles. The molecule has 0 saturated carbocycles. The second kappa shape index (κ2) is 5.79. The number of ether oxygens (including phenoxy) is 1. The van der Waals surface area contributed by atoms with E-state index >= 15 is 0 Å². The summed E-state index contributed by atoms with van der Waals surface area (Å²) >= 11 is 3.29. The lowest BCUT2D eigenvalue weighted by atomic mass is 9.91. The molecule has 0 bridgehead atoms. The third-order valence-corrected chi connectivity index (χ3v) is 4.40. The van der Waals surface area contributed by atoms with E-state index < -0.39 is 24.4 Å². The molecule has 124 valence electrons. The van der Waals surface area contributed by atoms with E-state index in [1.54, 1.807) is 18.2 Å². The van der Waals surface area contributed by atoms with Gasteiger partial charge in [0.1, 0.15) is 0 Å². The molecular weight excluding hydrogens is 381 g/mol. The Kier molecular flexibility index (Phi) is 4.09. The summed E-state index contributed by atoms with van der Waals surface area (Å²) in [6.07, 6.45) is -5.93. The van der Waals surface area contributed by atoms with Gasteiger partial charge < -0.3 is 9.64 Å². The summed E-state index contributed by atoms with van der Waals surface area (Å²) in [6.45, 7) is 0.594. The average molecular weight is 393 g/mol. The fraction of sp³-hybridized carbons (Fsp3) is 0.429. The lowest BCUT2D eigenvalue weighted by molar-refractivity contribution is -0.210. The van der Waals surface area contributed by atoms with Gasteiger partial charge in [0, 0.05) is 23.1 Å². The van der Waals surface area contributed by atoms with Crippen molar-refractivity contribution < 1.29 is 27.5 Å². The number of amides is 1. The average Bonchev–Trinajstić information content (AvgIpc) is 2.48. The minimum absolute atomic E-state index is 0.251. The minimum Gasteiger partial charge on any atom is -0.438 e. The summed E-state index contributed by atoms with van der Waals surface area (Å²) in [4.78, 5) is 25.1. The summed E-state index contributed by atoms with van der Waals surface area (Å²) in [5.74, 6) is -2.53. The largest absolute Gasteiger partial charge is 0.490 e. The third-order valence-electron chi connectivity index (χ3n) is 3.91. The number of nitrogens with zero attached hydrogens (tertiary/aromatic N) is 1. The van der Waals surface area contributed by atoms with E-state index in [0.29, 0.717) is 18.5 Å². The highest BCUT2D eigenvalue weighted by Gasteiger charge is 2.46. The molecule has 2 aliphatic heterocycles. The van der Waals surface area contributed by atoms with Crippen LogP contribution in [0.5, 0.6) is 0 Å². The van der Waals surface area contributed by atoms with Crippen molar-refractivity contribution in [3.8, 4) is 0 Å². The highest BCUT2D eigenvalue weighted by Crippen LogP contribution is 2.30. The Balaban J connectivity index is 1.87. The van der Waals surface area contributed by atoms with Crippen molar-refractivity contribution in [1.29, 1.82) is 0 Å². The summed E-state index contributed by atoms with van der Waals surface area (Å²) in [5, 5.41) is 2.74. The normalized spacial score (nSPS) is 24.0. The van der Waals surface area contributed by atoms with Crippen molar-refractivity contribution in [1.82, 2.24) is 10.2 Å². The molecule has 1 amide bonds. The van der Waals surface area contributed by atoms with E-state index in [4.69, 9.17) is 0 Å². The van der Waals surface area contributed by atoms with Gasteiger partial charge in [-0.05, 0) is 24.1 Å². The van der Waals surface area contributed by atoms with Crippen molar-refractivity contribution >= 4 is 27.8 Å². The number of hydrogen-bond acceptors (Lipinski definition) is 4. The number of carbonyl (C=O) groups is 2. The van der Waals surface area contributed by atoms with Crippen LogP contribution in [0.4, 0.5) is 13.2 Å². The van der Waals surface area contributed by atoms with Crippen LogP contribution in [0.1, 0.15) is 15.9 Å². The Morgan fingerprint density at radius 3 is 2.83 bits per heavy atom. The highest BCUT2D eigenvalue weighted by molar-refractivity contribution is 9.10. The quantitative estimate of drug-likeness (QED) is 0.741. The number of halogens is 4. The Morgan fingerprint density at radius 2 is 2.13 bits per heavy atom. The van der Waals surface area contributed by atoms with Crippen LogP contribution in [0.15, 0.2) is 22.7 Å². The molecule has 0 aliphatic carbocycles. The predicted octanol–water partition coefficient (Wildman–Crippen LogP) is 1.85. The van der Waals surface area contributed by atoms with Gasteiger partial charge in [0.15, 0.2) is 6.23 Å². The molecule has 0 spiro atoms. The zero-order valence-electron chi connectivity index (χ0n) is 11.7. The second-order valence-electron chi connectivity index (χ2n) is 5.35. The van der Waals surface area contributed by atoms with Crippen LogP contribution in [0.25, 0.3) is 0 Å². The number of hydrogen-bond donors (Lipinski definition) is 1. The lowest BCUT2D eigenvalue weighted by Crippen LogP contribution is -2.63. The van der Waals surface area contributed by atoms with Crippen LogP contribution in [-0.4, -0.2) is 48.3 Å². The molecule has 5 nitrogen and oxygen atoms in total. The second-order valence-corrected chi connectivity index (χ2v) is 6.26. The maximum Gasteiger partial charge on any atom is 0.490 e. The lowest BCUT2D eigenvalue weighted by Gasteiger charge is -2.44. The number of rotatable bonds is 1. The first kappa shape index (κ1) is 16.3. The van der Waals surface area contributed by atoms with Gasteiger partial charge in [-0.1, -0.05) is 22.0 Å². The molecular formula is C14H12BrF3N2O3. The summed E-state index contributed by atoms with van der Waals surface area (Å²) in [7, 11) is 0. The molecule has 2 atom stereocenters. The molecule has 3 rings (SSSR count). The maximum atomic E-state index is 12.5. The van der Waals surface area contributed by atoms with E-state index in [0.717, 1.165) is 10.0 Å². The SMILES string of the molecule is O=C1c2cc(Br)ccc2C[C@@H]2C(OC(=O)C(F)(F)F)NCCN12.